The Morgan fingerprint density at radius 1 is 1.14 bits per heavy atom. The van der Waals surface area contributed by atoms with E-state index < -0.39 is 6.04 Å². The predicted octanol–water partition coefficient (Wildman–Crippen LogP) is 2.26. The minimum atomic E-state index is -0.637. The standard InChI is InChI=1S/C22H26N4O2/c1-28-15-19-9-5-8-18(10-19)12-24-22(27)21(23)11-20-14-26(16-25-20)13-17-6-3-2-4-7-17/h2-10,14,16,21H,11-13,15,23H2,1H3,(H,24,27)/t21-/m0/s1. The molecule has 6 nitrogen and oxygen atoms in total. The SMILES string of the molecule is COCc1cccc(CNC(=O)[C@@H](N)Cc2cn(Cc3ccccc3)cn2)c1. The van der Waals surface area contributed by atoms with Crippen molar-refractivity contribution < 1.29 is 9.53 Å². The topological polar surface area (TPSA) is 82.2 Å². The third-order valence-electron chi connectivity index (χ3n) is 4.43. The number of imidazole rings is 1. The summed E-state index contributed by atoms with van der Waals surface area (Å²) in [5, 5.41) is 2.90. The molecule has 3 aromatic rings. The number of nitrogens with two attached hydrogens (primary N) is 1. The fourth-order valence-corrected chi connectivity index (χ4v) is 3.03. The quantitative estimate of drug-likeness (QED) is 0.598. The van der Waals surface area contributed by atoms with Gasteiger partial charge in [0.15, 0.2) is 0 Å². The van der Waals surface area contributed by atoms with Crippen molar-refractivity contribution in [3.05, 3.63) is 89.5 Å². The number of nitrogens with zero attached hydrogens (tertiary/aromatic N) is 2. The lowest BCUT2D eigenvalue weighted by Crippen LogP contribution is -2.41. The number of aromatic nitrogens is 2. The van der Waals surface area contributed by atoms with E-state index in [-0.39, 0.29) is 5.91 Å². The molecule has 0 unspecified atom stereocenters. The Bertz CT molecular complexity index is 892. The van der Waals surface area contributed by atoms with Gasteiger partial charge in [0.2, 0.25) is 5.91 Å². The molecule has 28 heavy (non-hydrogen) atoms. The summed E-state index contributed by atoms with van der Waals surface area (Å²) in [4.78, 5) is 16.7. The van der Waals surface area contributed by atoms with Crippen molar-refractivity contribution in [2.45, 2.75) is 32.2 Å². The highest BCUT2D eigenvalue weighted by molar-refractivity contribution is 5.81. The summed E-state index contributed by atoms with van der Waals surface area (Å²) in [6.07, 6.45) is 4.11. The number of ether oxygens (including phenoxy) is 1. The lowest BCUT2D eigenvalue weighted by Gasteiger charge is -2.12. The summed E-state index contributed by atoms with van der Waals surface area (Å²) in [5.41, 5.74) is 10.2. The summed E-state index contributed by atoms with van der Waals surface area (Å²) in [6, 6.07) is 17.5. The van der Waals surface area contributed by atoms with Crippen LogP contribution < -0.4 is 11.1 Å². The zero-order valence-corrected chi connectivity index (χ0v) is 16.0. The van der Waals surface area contributed by atoms with E-state index in [1.807, 2.05) is 53.2 Å². The minimum Gasteiger partial charge on any atom is -0.380 e. The lowest BCUT2D eigenvalue weighted by atomic mass is 10.1. The van der Waals surface area contributed by atoms with Crippen LogP contribution in [0, 0.1) is 0 Å². The van der Waals surface area contributed by atoms with Crippen molar-refractivity contribution in [2.75, 3.05) is 7.11 Å². The van der Waals surface area contributed by atoms with E-state index >= 15 is 0 Å². The molecule has 0 bridgehead atoms. The maximum atomic E-state index is 12.3. The largest absolute Gasteiger partial charge is 0.380 e. The van der Waals surface area contributed by atoms with Crippen LogP contribution in [0.2, 0.25) is 0 Å². The molecule has 0 aliphatic rings. The van der Waals surface area contributed by atoms with Crippen molar-refractivity contribution in [1.29, 1.82) is 0 Å². The first-order valence-electron chi connectivity index (χ1n) is 9.28. The highest BCUT2D eigenvalue weighted by Gasteiger charge is 2.15. The Morgan fingerprint density at radius 2 is 1.89 bits per heavy atom. The molecule has 0 saturated heterocycles. The highest BCUT2D eigenvalue weighted by atomic mass is 16.5. The number of nitrogens with one attached hydrogen (secondary N) is 1. The first kappa shape index (κ1) is 19.8. The fraction of sp³-hybridized carbons (Fsp3) is 0.273. The summed E-state index contributed by atoms with van der Waals surface area (Å²) in [7, 11) is 1.66. The van der Waals surface area contributed by atoms with E-state index in [2.05, 4.69) is 22.4 Å². The van der Waals surface area contributed by atoms with E-state index in [1.54, 1.807) is 13.4 Å². The van der Waals surface area contributed by atoms with Crippen LogP contribution in [-0.2, 0) is 35.6 Å². The van der Waals surface area contributed by atoms with Crippen LogP contribution in [0.4, 0.5) is 0 Å². The summed E-state index contributed by atoms with van der Waals surface area (Å²) < 4.78 is 7.13. The number of amides is 1. The molecule has 3 rings (SSSR count). The van der Waals surface area contributed by atoms with Gasteiger partial charge in [-0.1, -0.05) is 54.6 Å². The van der Waals surface area contributed by atoms with E-state index in [4.69, 9.17) is 10.5 Å². The molecule has 1 aromatic heterocycles. The molecule has 2 aromatic carbocycles. The number of hydrogen-bond acceptors (Lipinski definition) is 4. The van der Waals surface area contributed by atoms with Gasteiger partial charge in [0, 0.05) is 32.8 Å². The van der Waals surface area contributed by atoms with Crippen molar-refractivity contribution in [3.63, 3.8) is 0 Å². The van der Waals surface area contributed by atoms with Gasteiger partial charge in [0.1, 0.15) is 0 Å². The van der Waals surface area contributed by atoms with Gasteiger partial charge in [0.25, 0.3) is 0 Å². The number of carbonyl (C=O) groups is 1. The fourth-order valence-electron chi connectivity index (χ4n) is 3.03. The maximum Gasteiger partial charge on any atom is 0.237 e. The third-order valence-corrected chi connectivity index (χ3v) is 4.43. The van der Waals surface area contributed by atoms with Gasteiger partial charge in [-0.2, -0.15) is 0 Å². The molecule has 6 heteroatoms. The molecular weight excluding hydrogens is 352 g/mol. The van der Waals surface area contributed by atoms with Crippen LogP contribution in [-0.4, -0.2) is 28.6 Å². The average Bonchev–Trinajstić information content (AvgIpc) is 3.14. The zero-order chi connectivity index (χ0) is 19.8. The molecule has 1 heterocycles. The number of benzene rings is 2. The van der Waals surface area contributed by atoms with Crippen molar-refractivity contribution in [2.24, 2.45) is 5.73 Å². The number of rotatable bonds is 9. The number of hydrogen-bond donors (Lipinski definition) is 2. The molecule has 0 spiro atoms. The van der Waals surface area contributed by atoms with Crippen LogP contribution in [0.3, 0.4) is 0 Å². The second-order valence-electron chi connectivity index (χ2n) is 6.80. The molecule has 0 aliphatic carbocycles. The number of carbonyl (C=O) groups excluding carboxylic acids is 1. The molecule has 0 aliphatic heterocycles. The van der Waals surface area contributed by atoms with Gasteiger partial charge in [-0.3, -0.25) is 4.79 Å². The van der Waals surface area contributed by atoms with Gasteiger partial charge < -0.3 is 20.4 Å². The molecule has 0 fully saturated rings. The molecule has 1 atom stereocenters. The van der Waals surface area contributed by atoms with Crippen molar-refractivity contribution >= 4 is 5.91 Å². The van der Waals surface area contributed by atoms with E-state index in [1.165, 1.54) is 5.56 Å². The van der Waals surface area contributed by atoms with Gasteiger partial charge in [-0.15, -0.1) is 0 Å². The summed E-state index contributed by atoms with van der Waals surface area (Å²) >= 11 is 0. The Balaban J connectivity index is 1.49. The van der Waals surface area contributed by atoms with E-state index in [0.717, 1.165) is 23.4 Å². The normalized spacial score (nSPS) is 11.9. The Kier molecular flexibility index (Phi) is 6.94. The van der Waals surface area contributed by atoms with Gasteiger partial charge in [0.05, 0.1) is 24.7 Å². The van der Waals surface area contributed by atoms with Crippen LogP contribution in [0.1, 0.15) is 22.4 Å². The molecule has 1 amide bonds. The van der Waals surface area contributed by atoms with Crippen LogP contribution >= 0.6 is 0 Å². The van der Waals surface area contributed by atoms with Crippen molar-refractivity contribution in [1.82, 2.24) is 14.9 Å². The van der Waals surface area contributed by atoms with Gasteiger partial charge in [-0.05, 0) is 16.7 Å². The lowest BCUT2D eigenvalue weighted by molar-refractivity contribution is -0.122. The molecular formula is C22H26N4O2. The second kappa shape index (κ2) is 9.82. The summed E-state index contributed by atoms with van der Waals surface area (Å²) in [5.74, 6) is -0.185. The van der Waals surface area contributed by atoms with Crippen LogP contribution in [0.5, 0.6) is 0 Å². The van der Waals surface area contributed by atoms with Gasteiger partial charge >= 0.3 is 0 Å². The molecule has 0 radical (unpaired) electrons. The zero-order valence-electron chi connectivity index (χ0n) is 16.0. The predicted molar refractivity (Wildman–Crippen MR) is 108 cm³/mol. The number of methoxy groups -OCH3 is 1. The van der Waals surface area contributed by atoms with E-state index in [0.29, 0.717) is 19.6 Å². The first-order valence-corrected chi connectivity index (χ1v) is 9.28. The Hall–Kier alpha value is -2.96. The molecule has 146 valence electrons. The third kappa shape index (κ3) is 5.77. The first-order chi connectivity index (χ1) is 13.6. The average molecular weight is 378 g/mol. The van der Waals surface area contributed by atoms with Crippen molar-refractivity contribution in [3.8, 4) is 0 Å². The summed E-state index contributed by atoms with van der Waals surface area (Å²) in [6.45, 7) is 1.73. The Labute approximate surface area is 165 Å². The maximum absolute atomic E-state index is 12.3. The molecule has 0 saturated carbocycles. The highest BCUT2D eigenvalue weighted by Crippen LogP contribution is 2.08. The van der Waals surface area contributed by atoms with Gasteiger partial charge in [-0.25, -0.2) is 4.98 Å². The van der Waals surface area contributed by atoms with Crippen LogP contribution in [0.25, 0.3) is 0 Å². The molecule has 3 N–H and O–H groups in total. The van der Waals surface area contributed by atoms with Crippen LogP contribution in [0.15, 0.2) is 67.1 Å². The van der Waals surface area contributed by atoms with E-state index in [9.17, 15) is 4.79 Å². The monoisotopic (exact) mass is 378 g/mol. The smallest absolute Gasteiger partial charge is 0.237 e. The Morgan fingerprint density at radius 3 is 2.68 bits per heavy atom. The minimum absolute atomic E-state index is 0.185. The second-order valence-corrected chi connectivity index (χ2v) is 6.80.